The van der Waals surface area contributed by atoms with Gasteiger partial charge in [0.25, 0.3) is 0 Å². The van der Waals surface area contributed by atoms with Gasteiger partial charge in [-0.3, -0.25) is 0 Å². The molecule has 1 unspecified atom stereocenters. The van der Waals surface area contributed by atoms with Crippen molar-refractivity contribution in [3.05, 3.63) is 54.6 Å². The number of likely N-dealkylation sites (N-methyl/N-ethyl adjacent to an activating group) is 1. The molecule has 156 valence electrons. The minimum atomic E-state index is -3.44. The third-order valence-electron chi connectivity index (χ3n) is 6.19. The normalized spacial score (nSPS) is 22.6. The lowest BCUT2D eigenvalue weighted by molar-refractivity contribution is 0.118. The second-order valence-corrected chi connectivity index (χ2v) is 10.3. The van der Waals surface area contributed by atoms with Crippen LogP contribution >= 0.6 is 0 Å². The first-order valence-electron chi connectivity index (χ1n) is 10.6. The predicted octanol–water partition coefficient (Wildman–Crippen LogP) is 3.00. The molecule has 0 bridgehead atoms. The van der Waals surface area contributed by atoms with Crippen molar-refractivity contribution in [3.8, 4) is 11.1 Å². The molecule has 2 heterocycles. The highest BCUT2D eigenvalue weighted by atomic mass is 32.2. The first kappa shape index (κ1) is 20.5. The van der Waals surface area contributed by atoms with Crippen LogP contribution in [0.2, 0.25) is 0 Å². The third-order valence-corrected chi connectivity index (χ3v) is 8.07. The molecular weight excluding hydrogens is 382 g/mol. The van der Waals surface area contributed by atoms with E-state index in [1.165, 1.54) is 0 Å². The third kappa shape index (κ3) is 4.89. The number of nitrogens with zero attached hydrogens (tertiary/aromatic N) is 3. The van der Waals surface area contributed by atoms with Crippen LogP contribution < -0.4 is 0 Å². The van der Waals surface area contributed by atoms with Crippen molar-refractivity contribution in [1.82, 2.24) is 14.1 Å². The van der Waals surface area contributed by atoms with Gasteiger partial charge in [-0.1, -0.05) is 42.5 Å². The number of sulfonamides is 1. The van der Waals surface area contributed by atoms with E-state index in [9.17, 15) is 8.42 Å². The van der Waals surface area contributed by atoms with Gasteiger partial charge in [0, 0.05) is 45.8 Å². The van der Waals surface area contributed by atoms with Crippen LogP contribution in [0.1, 0.15) is 12.8 Å². The van der Waals surface area contributed by atoms with Crippen molar-refractivity contribution in [1.29, 1.82) is 0 Å². The Hall–Kier alpha value is -1.73. The molecule has 1 atom stereocenters. The first-order valence-corrected chi connectivity index (χ1v) is 12.0. The summed E-state index contributed by atoms with van der Waals surface area (Å²) in [6.45, 7) is 6.64. The summed E-state index contributed by atoms with van der Waals surface area (Å²) in [5.74, 6) is 0.422. The number of piperazine rings is 1. The van der Waals surface area contributed by atoms with E-state index in [0.29, 0.717) is 23.9 Å². The number of hydrogen-bond donors (Lipinski definition) is 0. The van der Waals surface area contributed by atoms with Gasteiger partial charge >= 0.3 is 0 Å². The topological polar surface area (TPSA) is 43.9 Å². The van der Waals surface area contributed by atoms with Gasteiger partial charge < -0.3 is 9.80 Å². The Morgan fingerprint density at radius 2 is 1.52 bits per heavy atom. The Bertz CT molecular complexity index is 891. The number of benzene rings is 2. The minimum Gasteiger partial charge on any atom is -0.304 e. The first-order chi connectivity index (χ1) is 14.0. The summed E-state index contributed by atoms with van der Waals surface area (Å²) in [6.07, 6.45) is 2.06. The lowest BCUT2D eigenvalue weighted by Crippen LogP contribution is -2.49. The molecule has 0 aromatic heterocycles. The second kappa shape index (κ2) is 8.96. The smallest absolute Gasteiger partial charge is 0.243 e. The maximum atomic E-state index is 13.2. The van der Waals surface area contributed by atoms with Crippen molar-refractivity contribution in [2.75, 3.05) is 52.9 Å². The molecule has 2 fully saturated rings. The number of hydrogen-bond acceptors (Lipinski definition) is 4. The van der Waals surface area contributed by atoms with Crippen LogP contribution in [0.5, 0.6) is 0 Å². The van der Waals surface area contributed by atoms with Crippen LogP contribution in [-0.2, 0) is 10.0 Å². The monoisotopic (exact) mass is 413 g/mol. The molecule has 2 aromatic rings. The maximum absolute atomic E-state index is 13.2. The van der Waals surface area contributed by atoms with Gasteiger partial charge in [0.15, 0.2) is 0 Å². The standard InChI is InChI=1S/C23H31N3O2S/c1-24-14-16-25(17-15-24)18-20-6-5-13-26(19-20)29(27,28)23-11-9-22(10-12-23)21-7-3-2-4-8-21/h2-4,7-12,20H,5-6,13-19H2,1H3. The average Bonchev–Trinajstić information content (AvgIpc) is 2.76. The van der Waals surface area contributed by atoms with Crippen molar-refractivity contribution in [2.24, 2.45) is 5.92 Å². The highest BCUT2D eigenvalue weighted by Gasteiger charge is 2.31. The molecule has 29 heavy (non-hydrogen) atoms. The van der Waals surface area contributed by atoms with Crippen LogP contribution in [0.15, 0.2) is 59.5 Å². The molecule has 2 aliphatic rings. The summed E-state index contributed by atoms with van der Waals surface area (Å²) in [5, 5.41) is 0. The lowest BCUT2D eigenvalue weighted by Gasteiger charge is -2.38. The van der Waals surface area contributed by atoms with Crippen molar-refractivity contribution < 1.29 is 8.42 Å². The molecule has 0 aliphatic carbocycles. The minimum absolute atomic E-state index is 0.400. The molecule has 0 amide bonds. The SMILES string of the molecule is CN1CCN(CC2CCCN(S(=O)(=O)c3ccc(-c4ccccc4)cc3)C2)CC1. The van der Waals surface area contributed by atoms with Gasteiger partial charge in [0.05, 0.1) is 4.90 Å². The number of piperidine rings is 1. The zero-order chi connectivity index (χ0) is 20.3. The van der Waals surface area contributed by atoms with Gasteiger partial charge in [-0.25, -0.2) is 8.42 Å². The van der Waals surface area contributed by atoms with Crippen LogP contribution in [0.25, 0.3) is 11.1 Å². The van der Waals surface area contributed by atoms with Gasteiger partial charge in [-0.15, -0.1) is 0 Å². The van der Waals surface area contributed by atoms with Gasteiger partial charge in [-0.2, -0.15) is 4.31 Å². The van der Waals surface area contributed by atoms with Crippen LogP contribution in [0, 0.1) is 5.92 Å². The quantitative estimate of drug-likeness (QED) is 0.756. The highest BCUT2D eigenvalue weighted by molar-refractivity contribution is 7.89. The summed E-state index contributed by atoms with van der Waals surface area (Å²) >= 11 is 0. The summed E-state index contributed by atoms with van der Waals surface area (Å²) in [6, 6.07) is 17.4. The Labute approximate surface area is 175 Å². The molecule has 0 N–H and O–H groups in total. The van der Waals surface area contributed by atoms with E-state index in [4.69, 9.17) is 0 Å². The maximum Gasteiger partial charge on any atom is 0.243 e. The zero-order valence-electron chi connectivity index (χ0n) is 17.2. The molecule has 0 radical (unpaired) electrons. The second-order valence-electron chi connectivity index (χ2n) is 8.37. The summed E-state index contributed by atoms with van der Waals surface area (Å²) in [7, 11) is -1.27. The zero-order valence-corrected chi connectivity index (χ0v) is 18.0. The van der Waals surface area contributed by atoms with Crippen LogP contribution in [-0.4, -0.2) is 75.4 Å². The van der Waals surface area contributed by atoms with E-state index in [-0.39, 0.29) is 0 Å². The van der Waals surface area contributed by atoms with E-state index in [2.05, 4.69) is 16.8 Å². The van der Waals surface area contributed by atoms with E-state index in [1.807, 2.05) is 42.5 Å². The summed E-state index contributed by atoms with van der Waals surface area (Å²) in [4.78, 5) is 5.25. The molecule has 2 aromatic carbocycles. The summed E-state index contributed by atoms with van der Waals surface area (Å²) < 4.78 is 28.1. The Balaban J connectivity index is 1.42. The van der Waals surface area contributed by atoms with Gasteiger partial charge in [-0.05, 0) is 49.1 Å². The predicted molar refractivity (Wildman–Crippen MR) is 117 cm³/mol. The molecule has 0 saturated carbocycles. The fraction of sp³-hybridized carbons (Fsp3) is 0.478. The fourth-order valence-electron chi connectivity index (χ4n) is 4.39. The van der Waals surface area contributed by atoms with Gasteiger partial charge in [0.2, 0.25) is 10.0 Å². The van der Waals surface area contributed by atoms with Crippen molar-refractivity contribution >= 4 is 10.0 Å². The van der Waals surface area contributed by atoms with Gasteiger partial charge in [0.1, 0.15) is 0 Å². The van der Waals surface area contributed by atoms with Crippen LogP contribution in [0.3, 0.4) is 0 Å². The van der Waals surface area contributed by atoms with E-state index in [1.54, 1.807) is 16.4 Å². The summed E-state index contributed by atoms with van der Waals surface area (Å²) in [5.41, 5.74) is 2.14. The fourth-order valence-corrected chi connectivity index (χ4v) is 5.94. The van der Waals surface area contributed by atoms with E-state index in [0.717, 1.165) is 56.7 Å². The molecular formula is C23H31N3O2S. The van der Waals surface area contributed by atoms with Crippen molar-refractivity contribution in [3.63, 3.8) is 0 Å². The molecule has 0 spiro atoms. The molecule has 4 rings (SSSR count). The molecule has 2 saturated heterocycles. The Morgan fingerprint density at radius 3 is 2.21 bits per heavy atom. The van der Waals surface area contributed by atoms with E-state index < -0.39 is 10.0 Å². The Morgan fingerprint density at radius 1 is 0.862 bits per heavy atom. The lowest BCUT2D eigenvalue weighted by atomic mass is 9.99. The Kier molecular flexibility index (Phi) is 6.35. The molecule has 6 heteroatoms. The average molecular weight is 414 g/mol. The molecule has 2 aliphatic heterocycles. The van der Waals surface area contributed by atoms with E-state index >= 15 is 0 Å². The largest absolute Gasteiger partial charge is 0.304 e. The molecule has 5 nitrogen and oxygen atoms in total. The number of rotatable bonds is 5. The highest BCUT2D eigenvalue weighted by Crippen LogP contribution is 2.27. The van der Waals surface area contributed by atoms with Crippen LogP contribution in [0.4, 0.5) is 0 Å². The van der Waals surface area contributed by atoms with Crippen molar-refractivity contribution in [2.45, 2.75) is 17.7 Å².